The minimum Gasteiger partial charge on any atom is -0.480 e. The van der Waals surface area contributed by atoms with Crippen molar-refractivity contribution in [2.75, 3.05) is 7.11 Å². The average Bonchev–Trinajstić information content (AvgIpc) is 2.67. The number of hydrogen-bond donors (Lipinski definition) is 2. The van der Waals surface area contributed by atoms with Crippen LogP contribution in [0.1, 0.15) is 34.3 Å². The number of hydrogen-bond acceptors (Lipinski definition) is 5. The van der Waals surface area contributed by atoms with Crippen molar-refractivity contribution in [2.24, 2.45) is 0 Å². The van der Waals surface area contributed by atoms with Crippen LogP contribution in [0.25, 0.3) is 0 Å². The van der Waals surface area contributed by atoms with Crippen LogP contribution >= 0.6 is 0 Å². The molecule has 0 unspecified atom stereocenters. The van der Waals surface area contributed by atoms with Gasteiger partial charge in [-0.25, -0.2) is 17.9 Å². The predicted molar refractivity (Wildman–Crippen MR) is 104 cm³/mol. The van der Waals surface area contributed by atoms with E-state index in [4.69, 9.17) is 0 Å². The normalized spacial score (nSPS) is 12.3. The van der Waals surface area contributed by atoms with E-state index in [0.29, 0.717) is 18.4 Å². The molecule has 0 aromatic heterocycles. The first-order chi connectivity index (χ1) is 13.3. The second-order valence-electron chi connectivity index (χ2n) is 6.34. The molecule has 28 heavy (non-hydrogen) atoms. The number of benzene rings is 2. The van der Waals surface area contributed by atoms with Crippen LogP contribution in [0.15, 0.2) is 54.6 Å². The molecule has 0 saturated carbocycles. The fourth-order valence-corrected chi connectivity index (χ4v) is 4.13. The van der Waals surface area contributed by atoms with Gasteiger partial charge in [-0.05, 0) is 42.5 Å². The van der Waals surface area contributed by atoms with E-state index in [-0.39, 0.29) is 12.0 Å². The molecule has 0 aliphatic carbocycles. The Bertz CT molecular complexity index is 911. The molecule has 0 heterocycles. The zero-order valence-electron chi connectivity index (χ0n) is 15.5. The summed E-state index contributed by atoms with van der Waals surface area (Å²) in [5.74, 6) is -2.23. The van der Waals surface area contributed by atoms with Gasteiger partial charge in [-0.15, -0.1) is 0 Å². The molecule has 150 valence electrons. The molecule has 0 aliphatic rings. The maximum atomic E-state index is 12.4. The van der Waals surface area contributed by atoms with E-state index in [1.165, 1.54) is 19.2 Å². The van der Waals surface area contributed by atoms with Gasteiger partial charge in [0.05, 0.1) is 18.4 Å². The molecule has 2 rings (SSSR count). The SMILES string of the molecule is COC(=O)c1cccc(CS(=O)(=O)N[C@H](CCCc2ccccc2)C(=O)O)c1. The van der Waals surface area contributed by atoms with Crippen LogP contribution in [0.4, 0.5) is 0 Å². The van der Waals surface area contributed by atoms with Crippen LogP contribution in [0.2, 0.25) is 0 Å². The quantitative estimate of drug-likeness (QED) is 0.587. The van der Waals surface area contributed by atoms with Gasteiger partial charge in [-0.1, -0.05) is 42.5 Å². The molecule has 0 radical (unpaired) electrons. The molecule has 0 bridgehead atoms. The molecule has 2 aromatic rings. The van der Waals surface area contributed by atoms with Gasteiger partial charge in [-0.2, -0.15) is 0 Å². The van der Waals surface area contributed by atoms with Crippen LogP contribution in [-0.4, -0.2) is 38.6 Å². The molecule has 7 nitrogen and oxygen atoms in total. The maximum absolute atomic E-state index is 12.4. The highest BCUT2D eigenvalue weighted by molar-refractivity contribution is 7.88. The molecule has 0 amide bonds. The Balaban J connectivity index is 1.99. The first-order valence-electron chi connectivity index (χ1n) is 8.75. The average molecular weight is 405 g/mol. The summed E-state index contributed by atoms with van der Waals surface area (Å²) in [5.41, 5.74) is 1.66. The van der Waals surface area contributed by atoms with E-state index in [9.17, 15) is 23.1 Å². The van der Waals surface area contributed by atoms with Crippen LogP contribution in [0.3, 0.4) is 0 Å². The number of ether oxygens (including phenoxy) is 1. The minimum atomic E-state index is -3.91. The second kappa shape index (κ2) is 10.0. The Kier molecular flexibility index (Phi) is 7.71. The third-order valence-electron chi connectivity index (χ3n) is 4.13. The second-order valence-corrected chi connectivity index (χ2v) is 8.09. The molecule has 0 spiro atoms. The number of esters is 1. The summed E-state index contributed by atoms with van der Waals surface area (Å²) in [7, 11) is -2.67. The lowest BCUT2D eigenvalue weighted by molar-refractivity contribution is -0.139. The summed E-state index contributed by atoms with van der Waals surface area (Å²) in [6.07, 6.45) is 1.36. The summed E-state index contributed by atoms with van der Waals surface area (Å²) < 4.78 is 31.7. The Hall–Kier alpha value is -2.71. The van der Waals surface area contributed by atoms with Crippen LogP contribution in [0.5, 0.6) is 0 Å². The highest BCUT2D eigenvalue weighted by atomic mass is 32.2. The molecule has 0 saturated heterocycles. The number of methoxy groups -OCH3 is 1. The highest BCUT2D eigenvalue weighted by Gasteiger charge is 2.24. The van der Waals surface area contributed by atoms with Crippen molar-refractivity contribution in [1.29, 1.82) is 0 Å². The highest BCUT2D eigenvalue weighted by Crippen LogP contribution is 2.12. The number of rotatable bonds is 10. The molecule has 1 atom stereocenters. The first kappa shape index (κ1) is 21.6. The van der Waals surface area contributed by atoms with Gasteiger partial charge in [0.1, 0.15) is 6.04 Å². The molecule has 8 heteroatoms. The third kappa shape index (κ3) is 6.79. The van der Waals surface area contributed by atoms with Crippen LogP contribution < -0.4 is 4.72 Å². The number of carbonyl (C=O) groups is 2. The summed E-state index contributed by atoms with van der Waals surface area (Å²) >= 11 is 0. The van der Waals surface area contributed by atoms with Crippen molar-refractivity contribution in [3.05, 3.63) is 71.3 Å². The monoisotopic (exact) mass is 405 g/mol. The molecule has 0 fully saturated rings. The summed E-state index contributed by atoms with van der Waals surface area (Å²) in [5, 5.41) is 9.36. The Morgan fingerprint density at radius 3 is 2.39 bits per heavy atom. The summed E-state index contributed by atoms with van der Waals surface area (Å²) in [6, 6.07) is 14.4. The standard InChI is InChI=1S/C20H23NO6S/c1-27-20(24)17-11-5-10-16(13-17)14-28(25,26)21-18(19(22)23)12-6-9-15-7-3-2-4-8-15/h2-5,7-8,10-11,13,18,21H,6,9,12,14H2,1H3,(H,22,23)/t18-/m1/s1. The smallest absolute Gasteiger partial charge is 0.337 e. The molecule has 2 aromatic carbocycles. The van der Waals surface area contributed by atoms with Gasteiger partial charge in [0.25, 0.3) is 0 Å². The summed E-state index contributed by atoms with van der Waals surface area (Å²) in [6.45, 7) is 0. The zero-order chi connectivity index (χ0) is 20.6. The lowest BCUT2D eigenvalue weighted by Gasteiger charge is -2.15. The fraction of sp³-hybridized carbons (Fsp3) is 0.300. The van der Waals surface area contributed by atoms with Crippen LogP contribution in [-0.2, 0) is 31.7 Å². The number of aliphatic carboxylic acids is 1. The Morgan fingerprint density at radius 1 is 1.07 bits per heavy atom. The van der Waals surface area contributed by atoms with Gasteiger partial charge < -0.3 is 9.84 Å². The number of carboxylic acid groups (broad SMARTS) is 1. The first-order valence-corrected chi connectivity index (χ1v) is 10.4. The van der Waals surface area contributed by atoms with E-state index in [2.05, 4.69) is 9.46 Å². The number of aryl methyl sites for hydroxylation is 1. The Labute approximate surface area is 164 Å². The van der Waals surface area contributed by atoms with Gasteiger partial charge in [0, 0.05) is 0 Å². The lowest BCUT2D eigenvalue weighted by Crippen LogP contribution is -2.41. The predicted octanol–water partition coefficient (Wildman–Crippen LogP) is 2.37. The topological polar surface area (TPSA) is 110 Å². The zero-order valence-corrected chi connectivity index (χ0v) is 16.3. The number of carboxylic acids is 1. The number of sulfonamides is 1. The van der Waals surface area contributed by atoms with Crippen molar-refractivity contribution in [3.8, 4) is 0 Å². The molecule has 0 aliphatic heterocycles. The van der Waals surface area contributed by atoms with Crippen molar-refractivity contribution >= 4 is 22.0 Å². The number of nitrogens with one attached hydrogen (secondary N) is 1. The molecule has 2 N–H and O–H groups in total. The van der Waals surface area contributed by atoms with Crippen molar-refractivity contribution in [1.82, 2.24) is 4.72 Å². The molecular weight excluding hydrogens is 382 g/mol. The Morgan fingerprint density at radius 2 is 1.75 bits per heavy atom. The van der Waals surface area contributed by atoms with Crippen molar-refractivity contribution in [3.63, 3.8) is 0 Å². The minimum absolute atomic E-state index is 0.172. The summed E-state index contributed by atoms with van der Waals surface area (Å²) in [4.78, 5) is 23.0. The van der Waals surface area contributed by atoms with Crippen molar-refractivity contribution < 1.29 is 27.9 Å². The number of carbonyl (C=O) groups excluding carboxylic acids is 1. The van der Waals surface area contributed by atoms with Gasteiger partial charge in [-0.3, -0.25) is 4.79 Å². The largest absolute Gasteiger partial charge is 0.480 e. The lowest BCUT2D eigenvalue weighted by atomic mass is 10.1. The van der Waals surface area contributed by atoms with E-state index in [1.54, 1.807) is 12.1 Å². The molecular formula is C20H23NO6S. The van der Waals surface area contributed by atoms with Gasteiger partial charge in [0.15, 0.2) is 0 Å². The van der Waals surface area contributed by atoms with E-state index < -0.39 is 33.8 Å². The van der Waals surface area contributed by atoms with E-state index >= 15 is 0 Å². The van der Waals surface area contributed by atoms with Crippen LogP contribution in [0, 0.1) is 0 Å². The van der Waals surface area contributed by atoms with E-state index in [1.807, 2.05) is 30.3 Å². The van der Waals surface area contributed by atoms with Gasteiger partial charge in [0.2, 0.25) is 10.0 Å². The third-order valence-corrected chi connectivity index (χ3v) is 5.48. The van der Waals surface area contributed by atoms with Crippen molar-refractivity contribution in [2.45, 2.75) is 31.1 Å². The van der Waals surface area contributed by atoms with Gasteiger partial charge >= 0.3 is 11.9 Å². The van der Waals surface area contributed by atoms with E-state index in [0.717, 1.165) is 5.56 Å². The maximum Gasteiger partial charge on any atom is 0.337 e. The fourth-order valence-electron chi connectivity index (χ4n) is 2.77.